The Balaban J connectivity index is 2.08. The Bertz CT molecular complexity index is 501. The van der Waals surface area contributed by atoms with Crippen LogP contribution in [0.3, 0.4) is 0 Å². The van der Waals surface area contributed by atoms with Crippen LogP contribution in [-0.2, 0) is 18.6 Å². The lowest BCUT2D eigenvalue weighted by Crippen LogP contribution is -2.43. The molecule has 0 radical (unpaired) electrons. The molecule has 0 aromatic rings. The molecule has 0 saturated carbocycles. The first-order valence-electron chi connectivity index (χ1n) is 7.71. The largest absolute Gasteiger partial charge is 0.414 e. The third-order valence-corrected chi connectivity index (χ3v) is 9.19. The van der Waals surface area contributed by atoms with Gasteiger partial charge in [-0.3, -0.25) is 0 Å². The molecular weight excluding hydrogens is 298 g/mol. The van der Waals surface area contributed by atoms with Crippen LogP contribution < -0.4 is 0 Å². The Morgan fingerprint density at radius 3 is 2.50 bits per heavy atom. The Hall–Kier alpha value is -0.713. The van der Waals surface area contributed by atoms with Crippen molar-refractivity contribution in [3.05, 3.63) is 11.6 Å². The van der Waals surface area contributed by atoms with Crippen molar-refractivity contribution >= 4 is 8.32 Å². The highest BCUT2D eigenvalue weighted by Crippen LogP contribution is 2.42. The number of nitrogens with zero attached hydrogens (tertiary/aromatic N) is 1. The van der Waals surface area contributed by atoms with Crippen LogP contribution in [0.1, 0.15) is 34.6 Å². The molecule has 3 atom stereocenters. The molecule has 2 rings (SSSR count). The summed E-state index contributed by atoms with van der Waals surface area (Å²) < 4.78 is 23.7. The van der Waals surface area contributed by atoms with Crippen molar-refractivity contribution in [1.29, 1.82) is 5.26 Å². The molecule has 0 aromatic carbocycles. The number of rotatable bonds is 3. The molecule has 2 fully saturated rings. The highest BCUT2D eigenvalue weighted by molar-refractivity contribution is 6.74. The van der Waals surface area contributed by atoms with Gasteiger partial charge in [0.2, 0.25) is 0 Å². The van der Waals surface area contributed by atoms with Gasteiger partial charge in [-0.15, -0.1) is 0 Å². The number of nitriles is 1. The van der Waals surface area contributed by atoms with Crippen LogP contribution in [0.25, 0.3) is 0 Å². The summed E-state index contributed by atoms with van der Waals surface area (Å²) in [6.07, 6.45) is 0.458. The molecule has 0 bridgehead atoms. The fraction of sp³-hybridized carbons (Fsp3) is 0.812. The molecule has 2 aliphatic rings. The molecule has 124 valence electrons. The zero-order valence-corrected chi connectivity index (χ0v) is 15.6. The fourth-order valence-electron chi connectivity index (χ4n) is 2.36. The van der Waals surface area contributed by atoms with Crippen molar-refractivity contribution in [2.45, 2.75) is 77.0 Å². The SMILES string of the molecule is CC1(C)O[C@H]2O[C@H](CO[Si](C)(C)C(C)(C)C)/C(=C/C#N)[C@H]2O1. The Kier molecular flexibility index (Phi) is 4.59. The van der Waals surface area contributed by atoms with Crippen molar-refractivity contribution in [3.63, 3.8) is 0 Å². The van der Waals surface area contributed by atoms with Crippen LogP contribution in [0.15, 0.2) is 11.6 Å². The predicted octanol–water partition coefficient (Wildman–Crippen LogP) is 3.33. The molecular formula is C16H27NO4Si. The van der Waals surface area contributed by atoms with Gasteiger partial charge in [0, 0.05) is 11.6 Å². The summed E-state index contributed by atoms with van der Waals surface area (Å²) in [5.74, 6) is -0.685. The van der Waals surface area contributed by atoms with Crippen LogP contribution >= 0.6 is 0 Å². The van der Waals surface area contributed by atoms with Gasteiger partial charge in [0.1, 0.15) is 12.2 Å². The molecule has 2 saturated heterocycles. The molecule has 6 heteroatoms. The normalized spacial score (nSPS) is 33.0. The molecule has 0 unspecified atom stereocenters. The quantitative estimate of drug-likeness (QED) is 0.588. The third-order valence-electron chi connectivity index (χ3n) is 4.69. The minimum atomic E-state index is -1.86. The minimum absolute atomic E-state index is 0.134. The summed E-state index contributed by atoms with van der Waals surface area (Å²) in [5, 5.41) is 9.18. The van der Waals surface area contributed by atoms with E-state index in [1.54, 1.807) is 0 Å². The summed E-state index contributed by atoms with van der Waals surface area (Å²) in [6, 6.07) is 2.09. The Morgan fingerprint density at radius 1 is 1.32 bits per heavy atom. The van der Waals surface area contributed by atoms with E-state index < -0.39 is 20.4 Å². The van der Waals surface area contributed by atoms with Gasteiger partial charge in [0.05, 0.1) is 12.7 Å². The predicted molar refractivity (Wildman–Crippen MR) is 85.5 cm³/mol. The maximum absolute atomic E-state index is 9.04. The topological polar surface area (TPSA) is 60.7 Å². The standard InChI is InChI=1S/C16H27NO4Si/c1-15(2,3)22(6,7)18-10-12-11(8-9-17)13-14(19-12)21-16(4,5)20-13/h8,12-14H,10H2,1-7H3/b11-8-/t12-,13-,14-/m1/s1. The maximum Gasteiger partial charge on any atom is 0.192 e. The number of fused-ring (bicyclic) bond motifs is 1. The van der Waals surface area contributed by atoms with E-state index in [4.69, 9.17) is 23.9 Å². The lowest BCUT2D eigenvalue weighted by Gasteiger charge is -2.37. The molecule has 0 amide bonds. The first-order chi connectivity index (χ1) is 9.97. The van der Waals surface area contributed by atoms with Gasteiger partial charge in [-0.2, -0.15) is 5.26 Å². The Morgan fingerprint density at radius 2 is 1.95 bits per heavy atom. The van der Waals surface area contributed by atoms with E-state index >= 15 is 0 Å². The first-order valence-corrected chi connectivity index (χ1v) is 10.6. The lowest BCUT2D eigenvalue weighted by molar-refractivity contribution is -0.202. The number of allylic oxidation sites excluding steroid dienone is 1. The molecule has 0 N–H and O–H groups in total. The van der Waals surface area contributed by atoms with Crippen molar-refractivity contribution in [1.82, 2.24) is 0 Å². The summed E-state index contributed by atoms with van der Waals surface area (Å²) in [4.78, 5) is 0. The van der Waals surface area contributed by atoms with Crippen LogP contribution in [0, 0.1) is 11.3 Å². The van der Waals surface area contributed by atoms with E-state index in [1.165, 1.54) is 6.08 Å². The van der Waals surface area contributed by atoms with Gasteiger partial charge in [-0.25, -0.2) is 0 Å². The van der Waals surface area contributed by atoms with Crippen LogP contribution in [0.2, 0.25) is 18.1 Å². The smallest absolute Gasteiger partial charge is 0.192 e. The number of ether oxygens (including phenoxy) is 3. The van der Waals surface area contributed by atoms with Crippen molar-refractivity contribution in [2.24, 2.45) is 0 Å². The second kappa shape index (κ2) is 5.73. The molecule has 22 heavy (non-hydrogen) atoms. The van der Waals surface area contributed by atoms with Crippen molar-refractivity contribution < 1.29 is 18.6 Å². The number of hydrogen-bond donors (Lipinski definition) is 0. The van der Waals surface area contributed by atoms with Crippen molar-refractivity contribution in [2.75, 3.05) is 6.61 Å². The molecule has 0 spiro atoms. The second-order valence-electron chi connectivity index (χ2n) is 7.89. The van der Waals surface area contributed by atoms with Gasteiger partial charge >= 0.3 is 0 Å². The van der Waals surface area contributed by atoms with E-state index in [-0.39, 0.29) is 17.2 Å². The monoisotopic (exact) mass is 325 g/mol. The van der Waals surface area contributed by atoms with E-state index in [9.17, 15) is 0 Å². The van der Waals surface area contributed by atoms with E-state index in [1.807, 2.05) is 13.8 Å². The average Bonchev–Trinajstić information content (AvgIpc) is 2.79. The van der Waals surface area contributed by atoms with E-state index in [2.05, 4.69) is 39.9 Å². The zero-order chi connectivity index (χ0) is 16.8. The van der Waals surface area contributed by atoms with Gasteiger partial charge in [-0.1, -0.05) is 20.8 Å². The molecule has 2 aliphatic heterocycles. The highest BCUT2D eigenvalue weighted by Gasteiger charge is 2.52. The second-order valence-corrected chi connectivity index (χ2v) is 12.7. The molecule has 0 aromatic heterocycles. The van der Waals surface area contributed by atoms with E-state index in [0.717, 1.165) is 5.57 Å². The first kappa shape index (κ1) is 17.6. The lowest BCUT2D eigenvalue weighted by atomic mass is 10.1. The van der Waals surface area contributed by atoms with E-state index in [0.29, 0.717) is 6.61 Å². The Labute approximate surface area is 134 Å². The maximum atomic E-state index is 9.04. The molecule has 0 aliphatic carbocycles. The average molecular weight is 325 g/mol. The van der Waals surface area contributed by atoms with Gasteiger partial charge < -0.3 is 18.6 Å². The molecule has 2 heterocycles. The molecule has 5 nitrogen and oxygen atoms in total. The zero-order valence-electron chi connectivity index (χ0n) is 14.6. The highest BCUT2D eigenvalue weighted by atomic mass is 28.4. The summed E-state index contributed by atoms with van der Waals surface area (Å²) in [5.41, 5.74) is 0.816. The van der Waals surface area contributed by atoms with Gasteiger partial charge in [-0.05, 0) is 32.0 Å². The van der Waals surface area contributed by atoms with Crippen LogP contribution in [-0.4, -0.2) is 39.2 Å². The number of hydrogen-bond acceptors (Lipinski definition) is 5. The van der Waals surface area contributed by atoms with Crippen LogP contribution in [0.4, 0.5) is 0 Å². The summed E-state index contributed by atoms with van der Waals surface area (Å²) in [6.45, 7) is 15.1. The van der Waals surface area contributed by atoms with Gasteiger partial charge in [0.15, 0.2) is 20.4 Å². The third kappa shape index (κ3) is 3.44. The summed E-state index contributed by atoms with van der Waals surface area (Å²) in [7, 11) is -1.86. The fourth-order valence-corrected chi connectivity index (χ4v) is 3.37. The van der Waals surface area contributed by atoms with Crippen LogP contribution in [0.5, 0.6) is 0 Å². The minimum Gasteiger partial charge on any atom is -0.414 e. The summed E-state index contributed by atoms with van der Waals surface area (Å²) >= 11 is 0. The van der Waals surface area contributed by atoms with Crippen molar-refractivity contribution in [3.8, 4) is 6.07 Å². The van der Waals surface area contributed by atoms with Gasteiger partial charge in [0.25, 0.3) is 0 Å².